The van der Waals surface area contributed by atoms with Crippen LogP contribution >= 0.6 is 24.0 Å². The first-order valence-corrected chi connectivity index (χ1v) is 12.1. The number of thiocarbonyl (C=S) groups is 1. The van der Waals surface area contributed by atoms with Gasteiger partial charge in [-0.3, -0.25) is 29.0 Å². The summed E-state index contributed by atoms with van der Waals surface area (Å²) in [4.78, 5) is 55.3. The Labute approximate surface area is 210 Å². The van der Waals surface area contributed by atoms with Crippen molar-refractivity contribution < 1.29 is 29.4 Å². The lowest BCUT2D eigenvalue weighted by Crippen LogP contribution is -2.30. The number of aliphatic hydroxyl groups is 1. The highest BCUT2D eigenvalue weighted by molar-refractivity contribution is 8.26. The number of unbranched alkanes of at least 4 members (excludes halogenated alkanes) is 2. The van der Waals surface area contributed by atoms with Crippen LogP contribution in [0.1, 0.15) is 41.7 Å². The number of ketones is 1. The van der Waals surface area contributed by atoms with Gasteiger partial charge in [-0.2, -0.15) is 0 Å². The fraction of sp³-hybridized carbons (Fsp3) is 0.250. The lowest BCUT2D eigenvalue weighted by molar-refractivity contribution is -0.137. The van der Waals surface area contributed by atoms with Gasteiger partial charge in [0.15, 0.2) is 0 Å². The number of benzene rings is 1. The number of fused-ring (bicyclic) bond motifs is 1. The first-order chi connectivity index (χ1) is 16.8. The molecule has 1 aromatic heterocycles. The summed E-state index contributed by atoms with van der Waals surface area (Å²) in [5.74, 6) is -2.50. The molecule has 0 bridgehead atoms. The van der Waals surface area contributed by atoms with Crippen LogP contribution < -0.4 is 4.90 Å². The highest BCUT2D eigenvalue weighted by Crippen LogP contribution is 2.34. The predicted octanol–water partition coefficient (Wildman–Crippen LogP) is 3.07. The van der Waals surface area contributed by atoms with E-state index in [0.717, 1.165) is 4.90 Å². The molecule has 2 N–H and O–H groups in total. The van der Waals surface area contributed by atoms with Gasteiger partial charge < -0.3 is 10.2 Å². The molecule has 1 fully saturated rings. The van der Waals surface area contributed by atoms with E-state index in [-0.39, 0.29) is 17.9 Å². The van der Waals surface area contributed by atoms with Gasteiger partial charge in [0, 0.05) is 18.5 Å². The van der Waals surface area contributed by atoms with Gasteiger partial charge in [0.2, 0.25) is 0 Å². The molecule has 1 aromatic carbocycles. The van der Waals surface area contributed by atoms with Gasteiger partial charge >= 0.3 is 11.9 Å². The van der Waals surface area contributed by atoms with Crippen LogP contribution in [0, 0.1) is 0 Å². The number of hydrogen-bond donors (Lipinski definition) is 2. The zero-order chi connectivity index (χ0) is 25.1. The molecule has 0 unspecified atom stereocenters. The maximum atomic E-state index is 12.8. The fourth-order valence-electron chi connectivity index (χ4n) is 3.84. The third kappa shape index (κ3) is 5.16. The minimum atomic E-state index is -0.833. The number of carboxylic acid groups (broad SMARTS) is 1. The van der Waals surface area contributed by atoms with E-state index in [1.54, 1.807) is 42.5 Å². The SMILES string of the molecule is O=C(O)CCCCCN1C(=O)C(=Cc2cccc(-c3ccc4c(c3)C(=O)C(=O)N4CO)n2)SC1=S. The number of thioether (sulfide) groups is 1. The van der Waals surface area contributed by atoms with Gasteiger partial charge in [0.1, 0.15) is 11.1 Å². The van der Waals surface area contributed by atoms with Crippen molar-refractivity contribution >= 4 is 63.6 Å². The summed E-state index contributed by atoms with van der Waals surface area (Å²) < 4.78 is 0.450. The molecule has 1 saturated heterocycles. The number of nitrogens with zero attached hydrogens (tertiary/aromatic N) is 3. The molecule has 0 aliphatic carbocycles. The number of Topliss-reactive ketones (excluding diaryl/α,β-unsaturated/α-hetero) is 1. The largest absolute Gasteiger partial charge is 0.481 e. The molecule has 4 rings (SSSR count). The molecule has 0 radical (unpaired) electrons. The van der Waals surface area contributed by atoms with Crippen molar-refractivity contribution in [2.45, 2.75) is 25.7 Å². The third-order valence-corrected chi connectivity index (χ3v) is 6.98. The topological polar surface area (TPSA) is 128 Å². The zero-order valence-corrected chi connectivity index (χ0v) is 20.1. The quantitative estimate of drug-likeness (QED) is 0.226. The molecule has 11 heteroatoms. The van der Waals surface area contributed by atoms with E-state index in [9.17, 15) is 24.3 Å². The molecule has 0 atom stereocenters. The molecule has 0 spiro atoms. The smallest absolute Gasteiger partial charge is 0.303 e. The van der Waals surface area contributed by atoms with Crippen LogP contribution in [-0.4, -0.2) is 61.3 Å². The summed E-state index contributed by atoms with van der Waals surface area (Å²) in [6.45, 7) is -0.146. The van der Waals surface area contributed by atoms with Crippen molar-refractivity contribution in [3.05, 3.63) is 52.6 Å². The second-order valence-electron chi connectivity index (χ2n) is 7.92. The fourth-order valence-corrected chi connectivity index (χ4v) is 5.14. The molecule has 35 heavy (non-hydrogen) atoms. The number of hydrogen-bond acceptors (Lipinski definition) is 8. The summed E-state index contributed by atoms with van der Waals surface area (Å²) in [6, 6.07) is 10.2. The molecular formula is C24H21N3O6S2. The summed E-state index contributed by atoms with van der Waals surface area (Å²) in [5.41, 5.74) is 2.27. The summed E-state index contributed by atoms with van der Waals surface area (Å²) in [5, 5.41) is 18.1. The molecule has 2 aromatic rings. The first-order valence-electron chi connectivity index (χ1n) is 10.9. The molecule has 2 aliphatic heterocycles. The Kier molecular flexibility index (Phi) is 7.39. The average Bonchev–Trinajstić information content (AvgIpc) is 3.24. The number of aromatic nitrogens is 1. The summed E-state index contributed by atoms with van der Waals surface area (Å²) >= 11 is 6.54. The Bertz CT molecular complexity index is 1280. The van der Waals surface area contributed by atoms with Crippen LogP contribution in [0.3, 0.4) is 0 Å². The van der Waals surface area contributed by atoms with E-state index >= 15 is 0 Å². The molecule has 180 valence electrons. The van der Waals surface area contributed by atoms with Crippen molar-refractivity contribution in [2.24, 2.45) is 0 Å². The maximum absolute atomic E-state index is 12.8. The Morgan fingerprint density at radius 1 is 1.06 bits per heavy atom. The second kappa shape index (κ2) is 10.5. The monoisotopic (exact) mass is 511 g/mol. The lowest BCUT2D eigenvalue weighted by Gasteiger charge is -2.13. The minimum Gasteiger partial charge on any atom is -0.481 e. The van der Waals surface area contributed by atoms with Crippen LogP contribution in [0.15, 0.2) is 41.3 Å². The van der Waals surface area contributed by atoms with E-state index in [1.807, 2.05) is 0 Å². The van der Waals surface area contributed by atoms with Crippen molar-refractivity contribution in [1.82, 2.24) is 9.88 Å². The van der Waals surface area contributed by atoms with E-state index in [2.05, 4.69) is 4.98 Å². The van der Waals surface area contributed by atoms with Crippen LogP contribution in [-0.2, 0) is 14.4 Å². The second-order valence-corrected chi connectivity index (χ2v) is 9.60. The molecule has 0 saturated carbocycles. The van der Waals surface area contributed by atoms with Crippen molar-refractivity contribution in [1.29, 1.82) is 0 Å². The number of carbonyl (C=O) groups is 4. The summed E-state index contributed by atoms with van der Waals surface area (Å²) in [6.07, 6.45) is 3.67. The van der Waals surface area contributed by atoms with Crippen LogP contribution in [0.25, 0.3) is 17.3 Å². The molecule has 2 aliphatic rings. The van der Waals surface area contributed by atoms with Crippen LogP contribution in [0.2, 0.25) is 0 Å². The van der Waals surface area contributed by atoms with Gasteiger partial charge in [-0.1, -0.05) is 42.5 Å². The van der Waals surface area contributed by atoms with Crippen molar-refractivity contribution in [2.75, 3.05) is 18.2 Å². The number of aliphatic carboxylic acids is 1. The van der Waals surface area contributed by atoms with Crippen LogP contribution in [0.5, 0.6) is 0 Å². The molecular weight excluding hydrogens is 490 g/mol. The number of anilines is 1. The number of carboxylic acids is 1. The Balaban J connectivity index is 1.49. The first kappa shape index (κ1) is 24.7. The molecule has 3 heterocycles. The zero-order valence-electron chi connectivity index (χ0n) is 18.5. The van der Waals surface area contributed by atoms with Gasteiger partial charge in [-0.25, -0.2) is 4.98 Å². The number of carbonyl (C=O) groups excluding carboxylic acids is 3. The minimum absolute atomic E-state index is 0.106. The van der Waals surface area contributed by atoms with Crippen molar-refractivity contribution in [3.63, 3.8) is 0 Å². The Morgan fingerprint density at radius 3 is 2.60 bits per heavy atom. The maximum Gasteiger partial charge on any atom is 0.303 e. The third-order valence-electron chi connectivity index (χ3n) is 5.60. The van der Waals surface area contributed by atoms with Gasteiger partial charge in [-0.15, -0.1) is 0 Å². The molecule has 9 nitrogen and oxygen atoms in total. The number of rotatable bonds is 9. The standard InChI is InChI=1S/C24H21N3O6S2/c28-13-27-18-9-8-14(11-16(18)21(31)23(27)33)17-6-4-5-15(25-17)12-19-22(32)26(24(34)35-19)10-3-1-2-7-20(29)30/h4-6,8-9,11-12,28H,1-3,7,10,13H2,(H,29,30). The number of pyridine rings is 1. The van der Waals surface area contributed by atoms with Gasteiger partial charge in [0.05, 0.1) is 27.5 Å². The average molecular weight is 512 g/mol. The van der Waals surface area contributed by atoms with E-state index in [0.29, 0.717) is 57.7 Å². The van der Waals surface area contributed by atoms with Gasteiger partial charge in [0.25, 0.3) is 11.7 Å². The van der Waals surface area contributed by atoms with E-state index in [4.69, 9.17) is 17.3 Å². The highest BCUT2D eigenvalue weighted by Gasteiger charge is 2.35. The van der Waals surface area contributed by atoms with E-state index < -0.39 is 24.4 Å². The van der Waals surface area contributed by atoms with Crippen molar-refractivity contribution in [3.8, 4) is 11.3 Å². The number of amides is 2. The van der Waals surface area contributed by atoms with Gasteiger partial charge in [-0.05, 0) is 43.2 Å². The lowest BCUT2D eigenvalue weighted by atomic mass is 10.0. The predicted molar refractivity (Wildman–Crippen MR) is 135 cm³/mol. The normalized spacial score (nSPS) is 16.5. The number of aliphatic hydroxyl groups excluding tert-OH is 1. The van der Waals surface area contributed by atoms with Crippen LogP contribution in [0.4, 0.5) is 5.69 Å². The molecule has 2 amide bonds. The highest BCUT2D eigenvalue weighted by atomic mass is 32.2. The van der Waals surface area contributed by atoms with E-state index in [1.165, 1.54) is 16.7 Å². The Hall–Kier alpha value is -3.41. The summed E-state index contributed by atoms with van der Waals surface area (Å²) in [7, 11) is 0. The Morgan fingerprint density at radius 2 is 1.86 bits per heavy atom.